The molecule has 5 nitrogen and oxygen atoms in total. The van der Waals surface area contributed by atoms with Gasteiger partial charge in [0.25, 0.3) is 0 Å². The molecular formula is C22H14Cl2N4OS. The van der Waals surface area contributed by atoms with Crippen molar-refractivity contribution in [1.82, 2.24) is 14.4 Å². The molecule has 5 aromatic rings. The molecule has 30 heavy (non-hydrogen) atoms. The van der Waals surface area contributed by atoms with Crippen LogP contribution in [0.15, 0.2) is 71.9 Å². The number of imidazole rings is 1. The van der Waals surface area contributed by atoms with Crippen LogP contribution in [-0.2, 0) is 4.79 Å². The first-order chi connectivity index (χ1) is 14.6. The van der Waals surface area contributed by atoms with E-state index in [-0.39, 0.29) is 11.7 Å². The topological polar surface area (TPSA) is 59.3 Å². The number of halogens is 2. The summed E-state index contributed by atoms with van der Waals surface area (Å²) in [6.45, 7) is 0. The monoisotopic (exact) mass is 452 g/mol. The summed E-state index contributed by atoms with van der Waals surface area (Å²) in [5.74, 6) is -0.0350. The minimum Gasteiger partial charge on any atom is -0.324 e. The number of carbonyl (C=O) groups excluding carboxylic acids is 1. The molecular weight excluding hydrogens is 439 g/mol. The van der Waals surface area contributed by atoms with Gasteiger partial charge in [-0.3, -0.25) is 9.20 Å². The third-order valence-electron chi connectivity index (χ3n) is 4.65. The lowest BCUT2D eigenvalue weighted by Crippen LogP contribution is -2.15. The summed E-state index contributed by atoms with van der Waals surface area (Å²) in [6, 6.07) is 20.7. The molecule has 0 aliphatic heterocycles. The summed E-state index contributed by atoms with van der Waals surface area (Å²) >= 11 is 13.5. The molecule has 1 amide bonds. The van der Waals surface area contributed by atoms with Gasteiger partial charge in [0.15, 0.2) is 5.16 Å². The lowest BCUT2D eigenvalue weighted by molar-refractivity contribution is -0.113. The van der Waals surface area contributed by atoms with Gasteiger partial charge in [-0.25, -0.2) is 9.97 Å². The number of aromatic nitrogens is 3. The highest BCUT2D eigenvalue weighted by Gasteiger charge is 2.15. The lowest BCUT2D eigenvalue weighted by Gasteiger charge is -2.10. The Labute approximate surface area is 186 Å². The number of benzene rings is 3. The van der Waals surface area contributed by atoms with Crippen LogP contribution in [0.5, 0.6) is 0 Å². The van der Waals surface area contributed by atoms with Crippen LogP contribution in [0.2, 0.25) is 10.0 Å². The van der Waals surface area contributed by atoms with E-state index in [1.807, 2.05) is 52.9 Å². The van der Waals surface area contributed by atoms with Gasteiger partial charge >= 0.3 is 0 Å². The molecule has 5 rings (SSSR count). The zero-order valence-electron chi connectivity index (χ0n) is 15.5. The van der Waals surface area contributed by atoms with Gasteiger partial charge in [-0.15, -0.1) is 0 Å². The molecule has 0 spiro atoms. The molecule has 0 atom stereocenters. The van der Waals surface area contributed by atoms with E-state index in [2.05, 4.69) is 5.32 Å². The van der Waals surface area contributed by atoms with E-state index in [0.717, 1.165) is 27.6 Å². The Morgan fingerprint density at radius 2 is 1.73 bits per heavy atom. The molecule has 0 saturated carbocycles. The fourth-order valence-electron chi connectivity index (χ4n) is 3.32. The van der Waals surface area contributed by atoms with Crippen LogP contribution in [0.1, 0.15) is 0 Å². The van der Waals surface area contributed by atoms with Gasteiger partial charge < -0.3 is 5.32 Å². The number of hydrogen-bond donors (Lipinski definition) is 1. The van der Waals surface area contributed by atoms with Gasteiger partial charge in [0.1, 0.15) is 5.65 Å². The summed E-state index contributed by atoms with van der Waals surface area (Å²) in [5, 5.41) is 5.41. The first-order valence-corrected chi connectivity index (χ1v) is 10.9. The molecule has 148 valence electrons. The van der Waals surface area contributed by atoms with Crippen molar-refractivity contribution >= 4 is 74.1 Å². The van der Waals surface area contributed by atoms with E-state index in [1.54, 1.807) is 18.2 Å². The molecule has 3 aromatic carbocycles. The number of fused-ring (bicyclic) bond motifs is 5. The second kappa shape index (κ2) is 7.80. The first kappa shape index (κ1) is 19.2. The number of rotatable bonds is 4. The summed E-state index contributed by atoms with van der Waals surface area (Å²) in [6.07, 6.45) is 0. The number of hydrogen-bond acceptors (Lipinski definition) is 4. The highest BCUT2D eigenvalue weighted by molar-refractivity contribution is 7.99. The van der Waals surface area contributed by atoms with Crippen molar-refractivity contribution in [2.45, 2.75) is 5.16 Å². The van der Waals surface area contributed by atoms with E-state index >= 15 is 0 Å². The van der Waals surface area contributed by atoms with Crippen molar-refractivity contribution in [3.8, 4) is 0 Å². The van der Waals surface area contributed by atoms with Crippen molar-refractivity contribution in [3.63, 3.8) is 0 Å². The number of nitrogens with zero attached hydrogens (tertiary/aromatic N) is 3. The van der Waals surface area contributed by atoms with E-state index < -0.39 is 0 Å². The number of nitrogens with one attached hydrogen (secondary N) is 1. The van der Waals surface area contributed by atoms with E-state index in [4.69, 9.17) is 33.2 Å². The van der Waals surface area contributed by atoms with Gasteiger partial charge in [0.2, 0.25) is 5.91 Å². The number of thioether (sulfide) groups is 1. The molecule has 0 aliphatic rings. The summed E-state index contributed by atoms with van der Waals surface area (Å²) < 4.78 is 2.00. The zero-order chi connectivity index (χ0) is 20.7. The largest absolute Gasteiger partial charge is 0.324 e. The standard InChI is InChI=1S/C22H14Cl2N4OS/c23-13-9-10-15(24)18(11-13)25-20(29)12-30-22-27-16-6-2-1-5-14(16)21-26-17-7-3-4-8-19(17)28(21)22/h1-11H,12H2,(H,25,29). The molecule has 1 N–H and O–H groups in total. The van der Waals surface area contributed by atoms with Crippen molar-refractivity contribution in [2.24, 2.45) is 0 Å². The summed E-state index contributed by atoms with van der Waals surface area (Å²) in [4.78, 5) is 22.2. The minimum atomic E-state index is -0.198. The Balaban J connectivity index is 1.52. The van der Waals surface area contributed by atoms with Crippen LogP contribution < -0.4 is 5.32 Å². The van der Waals surface area contributed by atoms with Crippen LogP contribution in [0.25, 0.3) is 27.6 Å². The molecule has 2 heterocycles. The predicted octanol–water partition coefficient (Wildman–Crippen LogP) is 6.07. The van der Waals surface area contributed by atoms with Gasteiger partial charge in [-0.2, -0.15) is 0 Å². The highest BCUT2D eigenvalue weighted by atomic mass is 35.5. The van der Waals surface area contributed by atoms with Crippen molar-refractivity contribution in [2.75, 3.05) is 11.1 Å². The molecule has 0 fully saturated rings. The Morgan fingerprint density at radius 1 is 0.967 bits per heavy atom. The van der Waals surface area contributed by atoms with Crippen molar-refractivity contribution in [1.29, 1.82) is 0 Å². The number of carbonyl (C=O) groups is 1. The second-order valence-corrected chi connectivity index (χ2v) is 8.42. The number of amides is 1. The van der Waals surface area contributed by atoms with Gasteiger partial charge in [-0.05, 0) is 42.5 Å². The average Bonchev–Trinajstić information content (AvgIpc) is 3.15. The quantitative estimate of drug-likeness (QED) is 0.265. The van der Waals surface area contributed by atoms with E-state index in [1.165, 1.54) is 11.8 Å². The number of anilines is 1. The predicted molar refractivity (Wildman–Crippen MR) is 124 cm³/mol. The molecule has 0 bridgehead atoms. The SMILES string of the molecule is O=C(CSc1nc2ccccc2c2nc3ccccc3n12)Nc1cc(Cl)ccc1Cl. The van der Waals surface area contributed by atoms with Crippen LogP contribution >= 0.6 is 35.0 Å². The fourth-order valence-corrected chi connectivity index (χ4v) is 4.47. The van der Waals surface area contributed by atoms with Crippen LogP contribution in [0.3, 0.4) is 0 Å². The molecule has 0 radical (unpaired) electrons. The third-order valence-corrected chi connectivity index (χ3v) is 6.15. The maximum atomic E-state index is 12.6. The normalized spacial score (nSPS) is 11.4. The maximum Gasteiger partial charge on any atom is 0.234 e. The molecule has 0 saturated heterocycles. The Hall–Kier alpha value is -2.80. The Bertz CT molecular complexity index is 1430. The average molecular weight is 453 g/mol. The highest BCUT2D eigenvalue weighted by Crippen LogP contribution is 2.30. The smallest absolute Gasteiger partial charge is 0.234 e. The minimum absolute atomic E-state index is 0.162. The summed E-state index contributed by atoms with van der Waals surface area (Å²) in [5.41, 5.74) is 3.97. The van der Waals surface area contributed by atoms with E-state index in [0.29, 0.717) is 20.9 Å². The van der Waals surface area contributed by atoms with E-state index in [9.17, 15) is 4.79 Å². The Morgan fingerprint density at radius 3 is 2.60 bits per heavy atom. The zero-order valence-corrected chi connectivity index (χ0v) is 17.8. The third kappa shape index (κ3) is 3.47. The maximum absolute atomic E-state index is 12.6. The molecule has 2 aromatic heterocycles. The van der Waals surface area contributed by atoms with Crippen molar-refractivity contribution < 1.29 is 4.79 Å². The summed E-state index contributed by atoms with van der Waals surface area (Å²) in [7, 11) is 0. The molecule has 0 aliphatic carbocycles. The van der Waals surface area contributed by atoms with Gasteiger partial charge in [0, 0.05) is 10.4 Å². The molecule has 0 unspecified atom stereocenters. The number of para-hydroxylation sites is 3. The van der Waals surface area contributed by atoms with Crippen LogP contribution in [0, 0.1) is 0 Å². The van der Waals surface area contributed by atoms with Gasteiger partial charge in [-0.1, -0.05) is 59.2 Å². The van der Waals surface area contributed by atoms with Gasteiger partial charge in [0.05, 0.1) is 33.0 Å². The molecule has 8 heteroatoms. The van der Waals surface area contributed by atoms with Crippen molar-refractivity contribution in [3.05, 3.63) is 76.8 Å². The first-order valence-electron chi connectivity index (χ1n) is 9.14. The lowest BCUT2D eigenvalue weighted by atomic mass is 10.2. The fraction of sp³-hybridized carbons (Fsp3) is 0.0455. The van der Waals surface area contributed by atoms with Crippen LogP contribution in [0.4, 0.5) is 5.69 Å². The van der Waals surface area contributed by atoms with Crippen LogP contribution in [-0.4, -0.2) is 26.0 Å². The second-order valence-electron chi connectivity index (χ2n) is 6.63. The Kier molecular flexibility index (Phi) is 4.98.